The number of thiophene rings is 1. The fourth-order valence-corrected chi connectivity index (χ4v) is 3.31. The normalized spacial score (nSPS) is 16.0. The smallest absolute Gasteiger partial charge is 0.193 e. The number of hydrogen-bond donors (Lipinski definition) is 1. The van der Waals surface area contributed by atoms with Crippen molar-refractivity contribution in [2.24, 2.45) is 4.99 Å². The summed E-state index contributed by atoms with van der Waals surface area (Å²) in [5, 5.41) is 7.02. The molecule has 0 atom stereocenters. The van der Waals surface area contributed by atoms with Gasteiger partial charge in [0.25, 0.3) is 0 Å². The third-order valence-electron chi connectivity index (χ3n) is 4.24. The fourth-order valence-electron chi connectivity index (χ4n) is 2.52. The van der Waals surface area contributed by atoms with Crippen LogP contribution in [0, 0.1) is 0 Å². The molecule has 0 unspecified atom stereocenters. The van der Waals surface area contributed by atoms with Gasteiger partial charge in [0, 0.05) is 52.4 Å². The Balaban J connectivity index is 0.00000264. The summed E-state index contributed by atoms with van der Waals surface area (Å²) in [6, 6.07) is 4.91. The molecule has 1 saturated heterocycles. The molecule has 7 heteroatoms. The van der Waals surface area contributed by atoms with Gasteiger partial charge in [-0.2, -0.15) is 0 Å². The lowest BCUT2D eigenvalue weighted by Gasteiger charge is -2.37. The minimum atomic E-state index is 0. The van der Waals surface area contributed by atoms with Crippen LogP contribution in [0.15, 0.2) is 22.5 Å². The molecule has 0 aliphatic carbocycles. The first-order chi connectivity index (χ1) is 10.6. The van der Waals surface area contributed by atoms with Crippen LogP contribution in [0.25, 0.3) is 0 Å². The molecule has 5 nitrogen and oxygen atoms in total. The molecule has 1 aliphatic heterocycles. The van der Waals surface area contributed by atoms with E-state index < -0.39 is 0 Å². The second kappa shape index (κ2) is 10.4. The first-order valence-electron chi connectivity index (χ1n) is 8.06. The van der Waals surface area contributed by atoms with E-state index in [9.17, 15) is 0 Å². The van der Waals surface area contributed by atoms with E-state index in [4.69, 9.17) is 0 Å². The summed E-state index contributed by atoms with van der Waals surface area (Å²) in [5.41, 5.74) is 0. The second-order valence-electron chi connectivity index (χ2n) is 5.97. The predicted molar refractivity (Wildman–Crippen MR) is 113 cm³/mol. The molecule has 2 rings (SSSR count). The molecule has 0 aromatic carbocycles. The molecule has 0 spiro atoms. The Kier molecular flexibility index (Phi) is 9.23. The molecule has 2 heterocycles. The molecule has 0 bridgehead atoms. The number of piperazine rings is 1. The van der Waals surface area contributed by atoms with Crippen LogP contribution < -0.4 is 10.2 Å². The molecule has 0 saturated carbocycles. The van der Waals surface area contributed by atoms with E-state index in [2.05, 4.69) is 63.4 Å². The fraction of sp³-hybridized carbons (Fsp3) is 0.688. The minimum Gasteiger partial charge on any atom is -0.360 e. The number of nitrogens with zero attached hydrogens (tertiary/aromatic N) is 4. The number of nitrogens with one attached hydrogen (secondary N) is 1. The predicted octanol–water partition coefficient (Wildman–Crippen LogP) is 2.40. The molecule has 0 amide bonds. The average molecular weight is 451 g/mol. The lowest BCUT2D eigenvalue weighted by molar-refractivity contribution is 0.275. The molecule has 132 valence electrons. The Labute approximate surface area is 161 Å². The zero-order chi connectivity index (χ0) is 15.9. The topological polar surface area (TPSA) is 34.1 Å². The summed E-state index contributed by atoms with van der Waals surface area (Å²) in [5.74, 6) is 1.03. The number of guanidine groups is 1. The quantitative estimate of drug-likeness (QED) is 0.424. The molecule has 1 aliphatic rings. The number of anilines is 1. The van der Waals surface area contributed by atoms with E-state index in [1.54, 1.807) is 0 Å². The van der Waals surface area contributed by atoms with Crippen LogP contribution in [0.4, 0.5) is 5.00 Å². The number of hydrogen-bond acceptors (Lipinski definition) is 4. The van der Waals surface area contributed by atoms with Gasteiger partial charge >= 0.3 is 0 Å². The maximum Gasteiger partial charge on any atom is 0.193 e. The highest BCUT2D eigenvalue weighted by atomic mass is 127. The van der Waals surface area contributed by atoms with Crippen LogP contribution in [0.3, 0.4) is 0 Å². The standard InChI is InChI=1S/C16H29N5S.HI/c1-14(2)19(4)8-7-18-16(17-3)21-11-9-20(10-12-21)15-6-5-13-22-15;/h5-6,13-14H,7-12H2,1-4H3,(H,17,18);1H. The zero-order valence-corrected chi connectivity index (χ0v) is 17.8. The van der Waals surface area contributed by atoms with Gasteiger partial charge in [-0.15, -0.1) is 35.3 Å². The van der Waals surface area contributed by atoms with Crippen LogP contribution in [0.1, 0.15) is 13.8 Å². The molecule has 23 heavy (non-hydrogen) atoms. The SMILES string of the molecule is CN=C(NCCN(C)C(C)C)N1CCN(c2cccs2)CC1.I. The van der Waals surface area contributed by atoms with Gasteiger partial charge in [0.15, 0.2) is 5.96 Å². The van der Waals surface area contributed by atoms with Crippen LogP contribution in [-0.4, -0.2) is 75.2 Å². The molecular weight excluding hydrogens is 421 g/mol. The maximum absolute atomic E-state index is 4.44. The van der Waals surface area contributed by atoms with Crippen molar-refractivity contribution < 1.29 is 0 Å². The van der Waals surface area contributed by atoms with Crippen molar-refractivity contribution in [3.8, 4) is 0 Å². The van der Waals surface area contributed by atoms with Gasteiger partial charge in [-0.25, -0.2) is 0 Å². The summed E-state index contributed by atoms with van der Waals surface area (Å²) in [4.78, 5) is 11.6. The van der Waals surface area contributed by atoms with E-state index in [-0.39, 0.29) is 24.0 Å². The van der Waals surface area contributed by atoms with Crippen molar-refractivity contribution in [3.05, 3.63) is 17.5 Å². The zero-order valence-electron chi connectivity index (χ0n) is 14.7. The Bertz CT molecular complexity index is 455. The van der Waals surface area contributed by atoms with E-state index in [0.717, 1.165) is 45.2 Å². The first-order valence-corrected chi connectivity index (χ1v) is 8.94. The van der Waals surface area contributed by atoms with E-state index in [1.807, 2.05) is 18.4 Å². The molecule has 1 N–H and O–H groups in total. The van der Waals surface area contributed by atoms with Gasteiger partial charge in [0.2, 0.25) is 0 Å². The molecule has 1 fully saturated rings. The number of aliphatic imine (C=N–C) groups is 1. The Morgan fingerprint density at radius 3 is 2.57 bits per heavy atom. The average Bonchev–Trinajstić information content (AvgIpc) is 3.06. The Hall–Kier alpha value is -0.540. The monoisotopic (exact) mass is 451 g/mol. The lowest BCUT2D eigenvalue weighted by Crippen LogP contribution is -2.53. The van der Waals surface area contributed by atoms with Crippen molar-refractivity contribution in [1.82, 2.24) is 15.1 Å². The Morgan fingerprint density at radius 1 is 1.35 bits per heavy atom. The summed E-state index contributed by atoms with van der Waals surface area (Å²) >= 11 is 1.82. The summed E-state index contributed by atoms with van der Waals surface area (Å²) in [6.45, 7) is 10.6. The van der Waals surface area contributed by atoms with Gasteiger partial charge < -0.3 is 20.0 Å². The lowest BCUT2D eigenvalue weighted by atomic mass is 10.3. The second-order valence-corrected chi connectivity index (χ2v) is 6.90. The van der Waals surface area contributed by atoms with Crippen LogP contribution in [-0.2, 0) is 0 Å². The van der Waals surface area contributed by atoms with Crippen molar-refractivity contribution in [2.45, 2.75) is 19.9 Å². The molecular formula is C16H30IN5S. The van der Waals surface area contributed by atoms with E-state index in [1.165, 1.54) is 5.00 Å². The third kappa shape index (κ3) is 6.11. The minimum absolute atomic E-state index is 0. The van der Waals surface area contributed by atoms with Crippen molar-refractivity contribution in [1.29, 1.82) is 0 Å². The number of likely N-dealkylation sites (N-methyl/N-ethyl adjacent to an activating group) is 1. The van der Waals surface area contributed by atoms with Crippen LogP contribution >= 0.6 is 35.3 Å². The van der Waals surface area contributed by atoms with Crippen molar-refractivity contribution in [2.75, 3.05) is 58.3 Å². The summed E-state index contributed by atoms with van der Waals surface area (Å²) in [6.07, 6.45) is 0. The number of rotatable bonds is 5. The van der Waals surface area contributed by atoms with Crippen LogP contribution in [0.5, 0.6) is 0 Å². The third-order valence-corrected chi connectivity index (χ3v) is 5.17. The maximum atomic E-state index is 4.44. The van der Waals surface area contributed by atoms with Gasteiger partial charge in [-0.1, -0.05) is 0 Å². The molecule has 0 radical (unpaired) electrons. The highest BCUT2D eigenvalue weighted by Crippen LogP contribution is 2.22. The van der Waals surface area contributed by atoms with Gasteiger partial charge in [-0.3, -0.25) is 4.99 Å². The van der Waals surface area contributed by atoms with Crippen molar-refractivity contribution in [3.63, 3.8) is 0 Å². The van der Waals surface area contributed by atoms with Gasteiger partial charge in [0.1, 0.15) is 0 Å². The van der Waals surface area contributed by atoms with Crippen molar-refractivity contribution >= 4 is 46.3 Å². The molecule has 1 aromatic rings. The first kappa shape index (κ1) is 20.5. The highest BCUT2D eigenvalue weighted by molar-refractivity contribution is 14.0. The summed E-state index contributed by atoms with van der Waals surface area (Å²) in [7, 11) is 4.04. The van der Waals surface area contributed by atoms with E-state index >= 15 is 0 Å². The van der Waals surface area contributed by atoms with E-state index in [0.29, 0.717) is 6.04 Å². The van der Waals surface area contributed by atoms with Gasteiger partial charge in [0.05, 0.1) is 5.00 Å². The Morgan fingerprint density at radius 2 is 2.04 bits per heavy atom. The largest absolute Gasteiger partial charge is 0.360 e. The molecule has 1 aromatic heterocycles. The highest BCUT2D eigenvalue weighted by Gasteiger charge is 2.20. The van der Waals surface area contributed by atoms with Gasteiger partial charge in [-0.05, 0) is 38.4 Å². The summed E-state index contributed by atoms with van der Waals surface area (Å²) < 4.78 is 0. The number of halogens is 1. The van der Waals surface area contributed by atoms with Crippen LogP contribution in [0.2, 0.25) is 0 Å².